The lowest BCUT2D eigenvalue weighted by Gasteiger charge is -2.30. The Hall–Kier alpha value is -2.95. The average molecular weight is 664 g/mol. The summed E-state index contributed by atoms with van der Waals surface area (Å²) in [5.74, 6) is -3.84. The van der Waals surface area contributed by atoms with E-state index < -0.39 is 35.4 Å². The van der Waals surface area contributed by atoms with E-state index in [1.807, 2.05) is 0 Å². The number of hydrogen-bond donors (Lipinski definition) is 4. The van der Waals surface area contributed by atoms with Crippen molar-refractivity contribution in [2.45, 2.75) is 134 Å². The van der Waals surface area contributed by atoms with Crippen LogP contribution in [-0.4, -0.2) is 78.3 Å². The van der Waals surface area contributed by atoms with Gasteiger partial charge >= 0.3 is 11.9 Å². The molecule has 0 aliphatic heterocycles. The van der Waals surface area contributed by atoms with Gasteiger partial charge in [-0.2, -0.15) is 0 Å². The van der Waals surface area contributed by atoms with E-state index in [1.165, 1.54) is 46.0 Å². The van der Waals surface area contributed by atoms with E-state index in [9.17, 15) is 29.7 Å². The number of carboxylic acids is 1. The molecule has 1 aromatic carbocycles. The molecule has 4 atom stereocenters. The molecule has 10 heteroatoms. The molecule has 268 valence electrons. The number of unbranched alkanes of at least 4 members (excludes halogenated alkanes) is 9. The molecular formula is C37H61NO9. The zero-order valence-electron chi connectivity index (χ0n) is 29.2. The van der Waals surface area contributed by atoms with E-state index >= 15 is 0 Å². The maximum Gasteiger partial charge on any atom is 0.336 e. The summed E-state index contributed by atoms with van der Waals surface area (Å²) in [6.45, 7) is 4.79. The van der Waals surface area contributed by atoms with Gasteiger partial charge in [-0.25, -0.2) is 9.59 Å². The van der Waals surface area contributed by atoms with Crippen LogP contribution in [-0.2, 0) is 30.3 Å². The van der Waals surface area contributed by atoms with Crippen molar-refractivity contribution in [3.05, 3.63) is 42.0 Å². The molecule has 0 spiro atoms. The van der Waals surface area contributed by atoms with Crippen molar-refractivity contribution in [2.24, 2.45) is 5.92 Å². The number of ether oxygens (including phenoxy) is 3. The van der Waals surface area contributed by atoms with Crippen molar-refractivity contribution in [1.82, 2.24) is 5.32 Å². The number of aliphatic hydroxyl groups is 2. The molecule has 1 rings (SSSR count). The van der Waals surface area contributed by atoms with Gasteiger partial charge in [-0.1, -0.05) is 95.9 Å². The normalized spacial score (nSPS) is 14.7. The number of carboxylic acid groups (broad SMARTS) is 1. The number of hydrogen-bond acceptors (Lipinski definition) is 8. The lowest BCUT2D eigenvalue weighted by Crippen LogP contribution is -2.55. The zero-order valence-corrected chi connectivity index (χ0v) is 29.2. The van der Waals surface area contributed by atoms with Gasteiger partial charge in [0.1, 0.15) is 11.8 Å². The highest BCUT2D eigenvalue weighted by atomic mass is 16.5. The van der Waals surface area contributed by atoms with Crippen LogP contribution in [0.25, 0.3) is 0 Å². The van der Waals surface area contributed by atoms with Crippen LogP contribution in [0.3, 0.4) is 0 Å². The summed E-state index contributed by atoms with van der Waals surface area (Å²) < 4.78 is 15.7. The molecule has 0 aliphatic rings. The minimum Gasteiger partial charge on any atom is -0.494 e. The number of nitrogens with one attached hydrogen (secondary N) is 1. The second-order valence-electron chi connectivity index (χ2n) is 12.4. The number of benzene rings is 1. The third kappa shape index (κ3) is 17.1. The molecule has 0 radical (unpaired) electrons. The lowest BCUT2D eigenvalue weighted by molar-refractivity contribution is -0.169. The molecule has 0 aliphatic carbocycles. The summed E-state index contributed by atoms with van der Waals surface area (Å²) in [4.78, 5) is 38.6. The molecule has 0 aromatic heterocycles. The van der Waals surface area contributed by atoms with E-state index in [4.69, 9.17) is 14.2 Å². The third-order valence-corrected chi connectivity index (χ3v) is 8.41. The Kier molecular flexibility index (Phi) is 22.5. The topological polar surface area (TPSA) is 152 Å². The van der Waals surface area contributed by atoms with Crippen LogP contribution in [0.1, 0.15) is 116 Å². The molecule has 1 aromatic rings. The summed E-state index contributed by atoms with van der Waals surface area (Å²) in [6, 6.07) is 6.06. The highest BCUT2D eigenvalue weighted by Crippen LogP contribution is 2.26. The Labute approximate surface area is 282 Å². The Morgan fingerprint density at radius 3 is 2.06 bits per heavy atom. The lowest BCUT2D eigenvalue weighted by atomic mass is 9.83. The van der Waals surface area contributed by atoms with Crippen molar-refractivity contribution in [2.75, 3.05) is 27.4 Å². The largest absolute Gasteiger partial charge is 0.494 e. The highest BCUT2D eigenvalue weighted by Gasteiger charge is 2.47. The molecule has 0 fully saturated rings. The Morgan fingerprint density at radius 2 is 1.49 bits per heavy atom. The third-order valence-electron chi connectivity index (χ3n) is 8.41. The predicted octanol–water partition coefficient (Wildman–Crippen LogP) is 6.15. The number of amides is 1. The minimum atomic E-state index is -2.46. The van der Waals surface area contributed by atoms with E-state index in [0.29, 0.717) is 18.8 Å². The van der Waals surface area contributed by atoms with Gasteiger partial charge in [0.05, 0.1) is 25.7 Å². The fourth-order valence-corrected chi connectivity index (χ4v) is 5.36. The second kappa shape index (κ2) is 25.1. The van der Waals surface area contributed by atoms with E-state index in [1.54, 1.807) is 30.3 Å². The molecule has 10 nitrogen and oxygen atoms in total. The fraction of sp³-hybridized carbons (Fsp3) is 0.703. The Bertz CT molecular complexity index is 1030. The first-order valence-electron chi connectivity index (χ1n) is 17.5. The summed E-state index contributed by atoms with van der Waals surface area (Å²) in [5.41, 5.74) is -1.72. The van der Waals surface area contributed by atoms with Gasteiger partial charge < -0.3 is 34.8 Å². The molecule has 4 N–H and O–H groups in total. The van der Waals surface area contributed by atoms with E-state index in [2.05, 4.69) is 19.2 Å². The van der Waals surface area contributed by atoms with Gasteiger partial charge in [0.15, 0.2) is 5.60 Å². The van der Waals surface area contributed by atoms with Crippen LogP contribution in [0.4, 0.5) is 0 Å². The second-order valence-corrected chi connectivity index (χ2v) is 12.4. The van der Waals surface area contributed by atoms with Crippen LogP contribution >= 0.6 is 0 Å². The van der Waals surface area contributed by atoms with E-state index in [-0.39, 0.29) is 25.6 Å². The Morgan fingerprint density at radius 1 is 0.872 bits per heavy atom. The monoisotopic (exact) mass is 663 g/mol. The smallest absolute Gasteiger partial charge is 0.336 e. The van der Waals surface area contributed by atoms with Crippen molar-refractivity contribution < 1.29 is 43.9 Å². The van der Waals surface area contributed by atoms with Crippen LogP contribution in [0.2, 0.25) is 0 Å². The number of esters is 1. The van der Waals surface area contributed by atoms with Gasteiger partial charge in [0.25, 0.3) is 0 Å². The maximum atomic E-state index is 13.6. The number of allylic oxidation sites excluding steroid dienone is 1. The summed E-state index contributed by atoms with van der Waals surface area (Å²) >= 11 is 0. The van der Waals surface area contributed by atoms with Crippen LogP contribution in [0, 0.1) is 5.92 Å². The summed E-state index contributed by atoms with van der Waals surface area (Å²) in [7, 11) is 2.60. The van der Waals surface area contributed by atoms with Crippen LogP contribution in [0.5, 0.6) is 5.75 Å². The molecule has 0 heterocycles. The van der Waals surface area contributed by atoms with Crippen LogP contribution < -0.4 is 10.1 Å². The van der Waals surface area contributed by atoms with Crippen molar-refractivity contribution in [1.29, 1.82) is 0 Å². The number of aliphatic hydroxyl groups excluding tert-OH is 1. The van der Waals surface area contributed by atoms with Crippen molar-refractivity contribution in [3.8, 4) is 5.75 Å². The number of rotatable bonds is 28. The first kappa shape index (κ1) is 42.1. The number of carbonyl (C=O) groups excluding carboxylic acids is 2. The van der Waals surface area contributed by atoms with Crippen LogP contribution in [0.15, 0.2) is 36.4 Å². The first-order valence-corrected chi connectivity index (χ1v) is 17.5. The quantitative estimate of drug-likeness (QED) is 0.0470. The van der Waals surface area contributed by atoms with Crippen molar-refractivity contribution in [3.63, 3.8) is 0 Å². The number of methoxy groups -OCH3 is 2. The first-order chi connectivity index (χ1) is 22.6. The van der Waals surface area contributed by atoms with Gasteiger partial charge in [-0.3, -0.25) is 4.79 Å². The molecule has 1 unspecified atom stereocenters. The van der Waals surface area contributed by atoms with Gasteiger partial charge in [-0.05, 0) is 49.8 Å². The van der Waals surface area contributed by atoms with Crippen molar-refractivity contribution >= 4 is 17.8 Å². The summed E-state index contributed by atoms with van der Waals surface area (Å²) in [6.07, 6.45) is 16.4. The van der Waals surface area contributed by atoms with Gasteiger partial charge in [0.2, 0.25) is 5.91 Å². The van der Waals surface area contributed by atoms with Gasteiger partial charge in [0, 0.05) is 26.6 Å². The molecule has 1 amide bonds. The molecule has 0 saturated carbocycles. The number of carbonyl (C=O) groups is 3. The minimum absolute atomic E-state index is 0.0852. The SMILES string of the molecule is CCCCCCCC(O)CCCCCC/C=C/[C@H](C(=O)N[C@@H](Cc1ccc(OCCCC)cc1)C(=O)OC)[C@@](O)(CCOC)C(=O)O. The Balaban J connectivity index is 2.85. The summed E-state index contributed by atoms with van der Waals surface area (Å²) in [5, 5.41) is 34.1. The van der Waals surface area contributed by atoms with Gasteiger partial charge in [-0.15, -0.1) is 0 Å². The molecular weight excluding hydrogens is 602 g/mol. The highest BCUT2D eigenvalue weighted by molar-refractivity contribution is 5.92. The fourth-order valence-electron chi connectivity index (χ4n) is 5.36. The molecule has 0 bridgehead atoms. The predicted molar refractivity (Wildman–Crippen MR) is 183 cm³/mol. The average Bonchev–Trinajstić information content (AvgIpc) is 3.06. The van der Waals surface area contributed by atoms with E-state index in [0.717, 1.165) is 63.4 Å². The molecule has 0 saturated heterocycles. The number of aliphatic carboxylic acids is 1. The molecule has 47 heavy (non-hydrogen) atoms. The zero-order chi connectivity index (χ0) is 34.9. The standard InChI is InChI=1S/C37H61NO9/c1-5-7-9-12-15-18-30(39)19-16-13-10-11-14-17-20-32(37(44,36(42)43)25-27-45-3)34(40)38-33(35(41)46-4)28-29-21-23-31(24-22-29)47-26-8-6-2/h17,20-24,30,32-33,39,44H,5-16,18-19,25-28H2,1-4H3,(H,38,40)(H,42,43)/b20-17+/t30?,32-,33+,37+/m1/s1. The maximum absolute atomic E-state index is 13.6.